The van der Waals surface area contributed by atoms with Crippen molar-refractivity contribution in [3.8, 4) is 0 Å². The third-order valence-corrected chi connectivity index (χ3v) is 3.81. The summed E-state index contributed by atoms with van der Waals surface area (Å²) in [5.41, 5.74) is 7.20. The number of halogens is 1. The van der Waals surface area contributed by atoms with Crippen LogP contribution in [0.3, 0.4) is 0 Å². The molecule has 0 aliphatic carbocycles. The van der Waals surface area contributed by atoms with Gasteiger partial charge in [-0.05, 0) is 31.9 Å². The van der Waals surface area contributed by atoms with Gasteiger partial charge in [0.2, 0.25) is 5.91 Å². The Morgan fingerprint density at radius 2 is 2.22 bits per heavy atom. The summed E-state index contributed by atoms with van der Waals surface area (Å²) in [4.78, 5) is 23.4. The van der Waals surface area contributed by atoms with Crippen molar-refractivity contribution in [3.63, 3.8) is 0 Å². The predicted octanol–water partition coefficient (Wildman–Crippen LogP) is 1.38. The number of urea groups is 1. The summed E-state index contributed by atoms with van der Waals surface area (Å²) >= 11 is 0. The maximum atomic E-state index is 12.2. The van der Waals surface area contributed by atoms with Gasteiger partial charge >= 0.3 is 6.03 Å². The van der Waals surface area contributed by atoms with E-state index in [1.54, 1.807) is 0 Å². The molecular formula is C16H25ClN4O2. The number of aryl methyl sites for hydroxylation is 1. The van der Waals surface area contributed by atoms with E-state index in [1.807, 2.05) is 31.2 Å². The van der Waals surface area contributed by atoms with Gasteiger partial charge in [0.15, 0.2) is 0 Å². The molecule has 0 aromatic heterocycles. The van der Waals surface area contributed by atoms with Crippen LogP contribution in [-0.2, 0) is 4.79 Å². The average Bonchev–Trinajstić information content (AvgIpc) is 2.47. The molecule has 5 N–H and O–H groups in total. The van der Waals surface area contributed by atoms with Crippen LogP contribution < -0.4 is 21.7 Å². The van der Waals surface area contributed by atoms with Gasteiger partial charge in [-0.3, -0.25) is 4.79 Å². The van der Waals surface area contributed by atoms with E-state index in [-0.39, 0.29) is 30.8 Å². The molecular weight excluding hydrogens is 316 g/mol. The Hall–Kier alpha value is -1.79. The van der Waals surface area contributed by atoms with Crippen molar-refractivity contribution < 1.29 is 9.59 Å². The molecule has 0 spiro atoms. The van der Waals surface area contributed by atoms with Crippen LogP contribution in [0.25, 0.3) is 0 Å². The Labute approximate surface area is 143 Å². The maximum Gasteiger partial charge on any atom is 0.312 e. The number of carbonyl (C=O) groups is 2. The van der Waals surface area contributed by atoms with Gasteiger partial charge in [-0.25, -0.2) is 4.79 Å². The third-order valence-electron chi connectivity index (χ3n) is 3.81. The molecule has 6 nitrogen and oxygen atoms in total. The third kappa shape index (κ3) is 6.46. The minimum atomic E-state index is -0.626. The zero-order valence-electron chi connectivity index (χ0n) is 13.3. The molecule has 7 heteroatoms. The standard InChI is InChI=1S/C16H24N4O2.ClH/c1-11-4-2-5-12(8-11)14(20-16(17)22)9-15(21)19-13-6-3-7-18-10-13;/h2,4-5,8,13-14,18H,3,6-7,9-10H2,1H3,(H,19,21)(H3,17,20,22);1H/t13-,14?;/m0./s1. The average molecular weight is 341 g/mol. The second kappa shape index (κ2) is 9.37. The molecule has 1 aliphatic rings. The van der Waals surface area contributed by atoms with Crippen LogP contribution >= 0.6 is 12.4 Å². The van der Waals surface area contributed by atoms with Gasteiger partial charge < -0.3 is 21.7 Å². The molecule has 2 rings (SSSR count). The second-order valence-corrected chi connectivity index (χ2v) is 5.79. The normalized spacial score (nSPS) is 18.4. The number of amides is 3. The smallest absolute Gasteiger partial charge is 0.312 e. The summed E-state index contributed by atoms with van der Waals surface area (Å²) < 4.78 is 0. The lowest BCUT2D eigenvalue weighted by Crippen LogP contribution is -2.46. The summed E-state index contributed by atoms with van der Waals surface area (Å²) in [6, 6.07) is 6.85. The van der Waals surface area contributed by atoms with Gasteiger partial charge in [0, 0.05) is 12.6 Å². The lowest BCUT2D eigenvalue weighted by molar-refractivity contribution is -0.122. The molecule has 1 saturated heterocycles. The van der Waals surface area contributed by atoms with Crippen LogP contribution in [0, 0.1) is 6.92 Å². The number of rotatable bonds is 5. The van der Waals surface area contributed by atoms with Crippen LogP contribution in [0.1, 0.15) is 36.4 Å². The summed E-state index contributed by atoms with van der Waals surface area (Å²) in [5, 5.41) is 8.93. The van der Waals surface area contributed by atoms with Crippen molar-refractivity contribution in [1.82, 2.24) is 16.0 Å². The Kier molecular flexibility index (Phi) is 7.85. The molecule has 1 aromatic rings. The van der Waals surface area contributed by atoms with E-state index in [0.29, 0.717) is 0 Å². The molecule has 1 fully saturated rings. The second-order valence-electron chi connectivity index (χ2n) is 5.79. The Morgan fingerprint density at radius 1 is 1.43 bits per heavy atom. The monoisotopic (exact) mass is 340 g/mol. The number of hydrogen-bond acceptors (Lipinski definition) is 3. The molecule has 128 valence electrons. The lowest BCUT2D eigenvalue weighted by Gasteiger charge is -2.25. The minimum absolute atomic E-state index is 0. The van der Waals surface area contributed by atoms with Crippen molar-refractivity contribution >= 4 is 24.3 Å². The van der Waals surface area contributed by atoms with E-state index in [4.69, 9.17) is 5.73 Å². The largest absolute Gasteiger partial charge is 0.352 e. The SMILES string of the molecule is Cc1cccc(C(CC(=O)N[C@H]2CCCNC2)NC(N)=O)c1.Cl. The van der Waals surface area contributed by atoms with Crippen molar-refractivity contribution in [2.24, 2.45) is 5.73 Å². The Morgan fingerprint density at radius 3 is 2.83 bits per heavy atom. The first kappa shape index (κ1) is 19.3. The number of benzene rings is 1. The number of carbonyl (C=O) groups excluding carboxylic acids is 2. The van der Waals surface area contributed by atoms with E-state index < -0.39 is 12.1 Å². The zero-order chi connectivity index (χ0) is 15.9. The number of hydrogen-bond donors (Lipinski definition) is 4. The molecule has 23 heavy (non-hydrogen) atoms. The fourth-order valence-corrected chi connectivity index (χ4v) is 2.76. The maximum absolute atomic E-state index is 12.2. The molecule has 0 radical (unpaired) electrons. The van der Waals surface area contributed by atoms with Crippen LogP contribution in [0.15, 0.2) is 24.3 Å². The summed E-state index contributed by atoms with van der Waals surface area (Å²) in [5.74, 6) is -0.0750. The minimum Gasteiger partial charge on any atom is -0.352 e. The van der Waals surface area contributed by atoms with Gasteiger partial charge in [-0.1, -0.05) is 29.8 Å². The van der Waals surface area contributed by atoms with Crippen molar-refractivity contribution in [1.29, 1.82) is 0 Å². The zero-order valence-corrected chi connectivity index (χ0v) is 14.1. The van der Waals surface area contributed by atoms with Crippen LogP contribution in [0.5, 0.6) is 0 Å². The number of primary amides is 1. The van der Waals surface area contributed by atoms with Gasteiger partial charge in [0.25, 0.3) is 0 Å². The van der Waals surface area contributed by atoms with E-state index in [0.717, 1.165) is 37.1 Å². The molecule has 1 heterocycles. The number of piperidine rings is 1. The van der Waals surface area contributed by atoms with Gasteiger partial charge in [-0.15, -0.1) is 12.4 Å². The topological polar surface area (TPSA) is 96.2 Å². The Balaban J connectivity index is 0.00000264. The number of nitrogens with two attached hydrogens (primary N) is 1. The summed E-state index contributed by atoms with van der Waals surface area (Å²) in [6.07, 6.45) is 2.23. The van der Waals surface area contributed by atoms with Crippen molar-refractivity contribution in [2.75, 3.05) is 13.1 Å². The van der Waals surface area contributed by atoms with Crippen LogP contribution in [0.4, 0.5) is 4.79 Å². The predicted molar refractivity (Wildman–Crippen MR) is 92.5 cm³/mol. The first-order chi connectivity index (χ1) is 10.5. The highest BCUT2D eigenvalue weighted by Crippen LogP contribution is 2.18. The molecule has 3 amide bonds. The summed E-state index contributed by atoms with van der Waals surface area (Å²) in [7, 11) is 0. The van der Waals surface area contributed by atoms with Crippen molar-refractivity contribution in [3.05, 3.63) is 35.4 Å². The van der Waals surface area contributed by atoms with Crippen molar-refractivity contribution in [2.45, 2.75) is 38.3 Å². The van der Waals surface area contributed by atoms with Crippen LogP contribution in [0.2, 0.25) is 0 Å². The van der Waals surface area contributed by atoms with Crippen LogP contribution in [-0.4, -0.2) is 31.1 Å². The molecule has 0 bridgehead atoms. The molecule has 1 unspecified atom stereocenters. The molecule has 1 aliphatic heterocycles. The van der Waals surface area contributed by atoms with E-state index in [2.05, 4.69) is 16.0 Å². The quantitative estimate of drug-likeness (QED) is 0.652. The summed E-state index contributed by atoms with van der Waals surface area (Å²) in [6.45, 7) is 3.77. The fourth-order valence-electron chi connectivity index (χ4n) is 2.76. The molecule has 2 atom stereocenters. The first-order valence-electron chi connectivity index (χ1n) is 7.67. The van der Waals surface area contributed by atoms with E-state index >= 15 is 0 Å². The molecule has 0 saturated carbocycles. The fraction of sp³-hybridized carbons (Fsp3) is 0.500. The lowest BCUT2D eigenvalue weighted by atomic mass is 10.0. The van der Waals surface area contributed by atoms with Gasteiger partial charge in [0.1, 0.15) is 0 Å². The highest BCUT2D eigenvalue weighted by Gasteiger charge is 2.20. The number of nitrogens with one attached hydrogen (secondary N) is 3. The Bertz CT molecular complexity index is 533. The van der Waals surface area contributed by atoms with Gasteiger partial charge in [-0.2, -0.15) is 0 Å². The highest BCUT2D eigenvalue weighted by molar-refractivity contribution is 5.85. The molecule has 1 aromatic carbocycles. The van der Waals surface area contributed by atoms with E-state index in [1.165, 1.54) is 0 Å². The van der Waals surface area contributed by atoms with Gasteiger partial charge in [0.05, 0.1) is 12.5 Å². The van der Waals surface area contributed by atoms with E-state index in [9.17, 15) is 9.59 Å². The first-order valence-corrected chi connectivity index (χ1v) is 7.67. The highest BCUT2D eigenvalue weighted by atomic mass is 35.5.